The molecule has 0 radical (unpaired) electrons. The summed E-state index contributed by atoms with van der Waals surface area (Å²) in [5.74, 6) is -0.0183. The van der Waals surface area contributed by atoms with Crippen LogP contribution in [0.25, 0.3) is 0 Å². The summed E-state index contributed by atoms with van der Waals surface area (Å²) in [6, 6.07) is -1.20. The van der Waals surface area contributed by atoms with Crippen LogP contribution in [-0.4, -0.2) is 58.2 Å². The first-order chi connectivity index (χ1) is 8.96. The zero-order chi connectivity index (χ0) is 13.6. The van der Waals surface area contributed by atoms with Gasteiger partial charge in [0.1, 0.15) is 0 Å². The standard InChI is InChI=1S/C8H10N4O6S/c13-8-11-2-1-5(7-9-4-10-17-7)6(3-11)12(8)18-19(14,15)16/h4-6H,1-3H2,(H,14,15,16)/t5-,6+/m1/s1. The second kappa shape index (κ2) is 4.15. The number of nitrogens with zero attached hydrogens (tertiary/aromatic N) is 4. The van der Waals surface area contributed by atoms with Gasteiger partial charge in [-0.2, -0.15) is 18.5 Å². The average molecular weight is 290 g/mol. The number of hydrogen-bond donors (Lipinski definition) is 1. The minimum atomic E-state index is -4.76. The number of aromatic nitrogens is 2. The van der Waals surface area contributed by atoms with Crippen molar-refractivity contribution in [2.24, 2.45) is 0 Å². The molecule has 3 rings (SSSR count). The van der Waals surface area contributed by atoms with E-state index in [9.17, 15) is 13.2 Å². The van der Waals surface area contributed by atoms with Gasteiger partial charge in [0.2, 0.25) is 5.89 Å². The summed E-state index contributed by atoms with van der Waals surface area (Å²) in [5, 5.41) is 4.14. The van der Waals surface area contributed by atoms with Crippen molar-refractivity contribution in [2.45, 2.75) is 18.4 Å². The predicted molar refractivity (Wildman–Crippen MR) is 56.9 cm³/mol. The van der Waals surface area contributed by atoms with Crippen molar-refractivity contribution in [3.05, 3.63) is 12.2 Å². The first kappa shape index (κ1) is 12.3. The lowest BCUT2D eigenvalue weighted by atomic mass is 9.93. The van der Waals surface area contributed by atoms with Crippen LogP contribution >= 0.6 is 0 Å². The number of amides is 2. The van der Waals surface area contributed by atoms with E-state index in [4.69, 9.17) is 9.08 Å². The zero-order valence-corrected chi connectivity index (χ0v) is 10.4. The largest absolute Gasteiger partial charge is 0.418 e. The van der Waals surface area contributed by atoms with Gasteiger partial charge >= 0.3 is 16.4 Å². The van der Waals surface area contributed by atoms with Crippen LogP contribution in [0.3, 0.4) is 0 Å². The fourth-order valence-corrected chi connectivity index (χ4v) is 2.82. The SMILES string of the molecule is O=C1N2CC[C@@H](c3ncno3)[C@H](C2)N1OS(=O)(=O)O. The molecule has 1 N–H and O–H groups in total. The molecule has 0 aliphatic carbocycles. The number of hydrogen-bond acceptors (Lipinski definition) is 7. The summed E-state index contributed by atoms with van der Waals surface area (Å²) >= 11 is 0. The number of urea groups is 1. The molecule has 104 valence electrons. The molecule has 2 fully saturated rings. The number of piperidine rings is 1. The Morgan fingerprint density at radius 1 is 1.53 bits per heavy atom. The van der Waals surface area contributed by atoms with Gasteiger partial charge < -0.3 is 9.42 Å². The summed E-state index contributed by atoms with van der Waals surface area (Å²) in [6.45, 7) is 0.703. The van der Waals surface area contributed by atoms with Crippen LogP contribution in [0.4, 0.5) is 4.79 Å². The topological polar surface area (TPSA) is 126 Å². The van der Waals surface area contributed by atoms with Gasteiger partial charge in [-0.3, -0.25) is 4.55 Å². The maximum absolute atomic E-state index is 11.9. The smallest absolute Gasteiger partial charge is 0.339 e. The Morgan fingerprint density at radius 3 is 2.95 bits per heavy atom. The highest BCUT2D eigenvalue weighted by molar-refractivity contribution is 7.80. The van der Waals surface area contributed by atoms with E-state index < -0.39 is 22.5 Å². The third-order valence-corrected chi connectivity index (χ3v) is 3.56. The van der Waals surface area contributed by atoms with Crippen LogP contribution in [0.5, 0.6) is 0 Å². The monoisotopic (exact) mass is 290 g/mol. The Balaban J connectivity index is 1.90. The van der Waals surface area contributed by atoms with Crippen molar-refractivity contribution in [1.29, 1.82) is 0 Å². The Kier molecular flexibility index (Phi) is 2.69. The van der Waals surface area contributed by atoms with E-state index in [0.717, 1.165) is 0 Å². The molecule has 19 heavy (non-hydrogen) atoms. The fraction of sp³-hybridized carbons (Fsp3) is 0.625. The van der Waals surface area contributed by atoms with Gasteiger partial charge in [0, 0.05) is 13.1 Å². The molecule has 2 aliphatic rings. The molecular formula is C8H10N4O6S. The molecule has 2 atom stereocenters. The third kappa shape index (κ3) is 2.15. The van der Waals surface area contributed by atoms with E-state index in [1.807, 2.05) is 0 Å². The highest BCUT2D eigenvalue weighted by Crippen LogP contribution is 2.36. The minimum Gasteiger partial charge on any atom is -0.339 e. The fourth-order valence-electron chi connectivity index (χ4n) is 2.45. The van der Waals surface area contributed by atoms with Crippen molar-refractivity contribution in [2.75, 3.05) is 13.1 Å². The number of rotatable bonds is 3. The van der Waals surface area contributed by atoms with Crippen molar-refractivity contribution >= 4 is 16.4 Å². The Labute approximate surface area is 107 Å². The van der Waals surface area contributed by atoms with E-state index in [1.54, 1.807) is 0 Å². The molecule has 2 aliphatic heterocycles. The van der Waals surface area contributed by atoms with Gasteiger partial charge in [-0.15, -0.1) is 4.28 Å². The van der Waals surface area contributed by atoms with Gasteiger partial charge in [0.05, 0.1) is 12.0 Å². The Bertz CT molecular complexity index is 586. The second-order valence-corrected chi connectivity index (χ2v) is 5.30. The summed E-state index contributed by atoms with van der Waals surface area (Å²) in [4.78, 5) is 17.2. The van der Waals surface area contributed by atoms with E-state index >= 15 is 0 Å². The van der Waals surface area contributed by atoms with E-state index in [1.165, 1.54) is 11.2 Å². The molecule has 3 heterocycles. The molecule has 0 aromatic carbocycles. The van der Waals surface area contributed by atoms with Crippen LogP contribution in [0, 0.1) is 0 Å². The second-order valence-electron chi connectivity index (χ2n) is 4.30. The average Bonchev–Trinajstić information content (AvgIpc) is 2.93. The molecule has 11 heteroatoms. The molecule has 2 saturated heterocycles. The van der Waals surface area contributed by atoms with Gasteiger partial charge in [-0.05, 0) is 6.42 Å². The first-order valence-corrected chi connectivity index (χ1v) is 6.84. The normalized spacial score (nSPS) is 27.1. The maximum atomic E-state index is 11.9. The van der Waals surface area contributed by atoms with Crippen LogP contribution in [-0.2, 0) is 14.7 Å². The van der Waals surface area contributed by atoms with Crippen LogP contribution < -0.4 is 0 Å². The highest BCUT2D eigenvalue weighted by Gasteiger charge is 2.50. The van der Waals surface area contributed by atoms with Gasteiger partial charge in [0.15, 0.2) is 6.33 Å². The van der Waals surface area contributed by atoms with Crippen LogP contribution in [0.15, 0.2) is 10.9 Å². The van der Waals surface area contributed by atoms with Crippen LogP contribution in [0.1, 0.15) is 18.2 Å². The Hall–Kier alpha value is -1.72. The van der Waals surface area contributed by atoms with Gasteiger partial charge in [-0.1, -0.05) is 5.16 Å². The molecule has 0 saturated carbocycles. The molecule has 2 amide bonds. The maximum Gasteiger partial charge on any atom is 0.418 e. The quantitative estimate of drug-likeness (QED) is 0.731. The lowest BCUT2D eigenvalue weighted by molar-refractivity contribution is -0.0396. The molecular weight excluding hydrogens is 280 g/mol. The van der Waals surface area contributed by atoms with Gasteiger partial charge in [0.25, 0.3) is 0 Å². The molecule has 1 aromatic heterocycles. The van der Waals surface area contributed by atoms with Crippen molar-refractivity contribution in [1.82, 2.24) is 20.1 Å². The highest BCUT2D eigenvalue weighted by atomic mass is 32.3. The lowest BCUT2D eigenvalue weighted by Crippen LogP contribution is -2.39. The van der Waals surface area contributed by atoms with E-state index in [2.05, 4.69) is 14.4 Å². The molecule has 1 aromatic rings. The number of hydroxylamine groups is 2. The minimum absolute atomic E-state index is 0.279. The summed E-state index contributed by atoms with van der Waals surface area (Å²) < 4.78 is 39.6. The number of carbonyl (C=O) groups is 1. The number of fused-ring (bicyclic) bond motifs is 2. The van der Waals surface area contributed by atoms with E-state index in [0.29, 0.717) is 23.9 Å². The molecule has 10 nitrogen and oxygen atoms in total. The van der Waals surface area contributed by atoms with Crippen LogP contribution in [0.2, 0.25) is 0 Å². The molecule has 0 spiro atoms. The first-order valence-electron chi connectivity index (χ1n) is 5.47. The molecule has 2 bridgehead atoms. The predicted octanol–water partition coefficient (Wildman–Crippen LogP) is -0.602. The van der Waals surface area contributed by atoms with E-state index in [-0.39, 0.29) is 12.5 Å². The van der Waals surface area contributed by atoms with Crippen molar-refractivity contribution < 1.29 is 26.6 Å². The molecule has 0 unspecified atom stereocenters. The third-order valence-electron chi connectivity index (χ3n) is 3.21. The number of carbonyl (C=O) groups excluding carboxylic acids is 1. The lowest BCUT2D eigenvalue weighted by Gasteiger charge is -2.27. The van der Waals surface area contributed by atoms with Gasteiger partial charge in [-0.25, -0.2) is 4.79 Å². The summed E-state index contributed by atoms with van der Waals surface area (Å²) in [5.41, 5.74) is 0. The van der Waals surface area contributed by atoms with Crippen molar-refractivity contribution in [3.63, 3.8) is 0 Å². The summed E-state index contributed by atoms with van der Waals surface area (Å²) in [6.07, 6.45) is 1.77. The zero-order valence-electron chi connectivity index (χ0n) is 9.54. The van der Waals surface area contributed by atoms with Crippen molar-refractivity contribution in [3.8, 4) is 0 Å². The Morgan fingerprint density at radius 2 is 2.32 bits per heavy atom. The summed E-state index contributed by atoms with van der Waals surface area (Å²) in [7, 11) is -4.76.